The third-order valence-corrected chi connectivity index (χ3v) is 15.6. The fraction of sp³-hybridized carbons (Fsp3) is 0.850. The SMILES string of the molecule is C/C=C(/C)C(=O)O[C@H]1[C@H](OC(=O)C(C)CC)[C@@]2(CO)C(CC1(C)C)C1=CCC3[C@@]4(C)CC[C@H](O)C(C)(C)C4CC[C@@]3(C)[C@]1(C)C[C@H]2O. The summed E-state index contributed by atoms with van der Waals surface area (Å²) in [6.07, 6.45) is 7.34. The fourth-order valence-corrected chi connectivity index (χ4v) is 12.0. The fourth-order valence-electron chi connectivity index (χ4n) is 12.0. The van der Waals surface area contributed by atoms with Gasteiger partial charge in [-0.3, -0.25) is 4.79 Å². The molecule has 7 nitrogen and oxygen atoms in total. The third kappa shape index (κ3) is 5.05. The van der Waals surface area contributed by atoms with Crippen LogP contribution in [0.15, 0.2) is 23.3 Å². The smallest absolute Gasteiger partial charge is 0.333 e. The number of allylic oxidation sites excluding steroid dienone is 3. The van der Waals surface area contributed by atoms with Gasteiger partial charge in [-0.1, -0.05) is 80.0 Å². The predicted octanol–water partition coefficient (Wildman–Crippen LogP) is 7.17. The lowest BCUT2D eigenvalue weighted by atomic mass is 9.33. The van der Waals surface area contributed by atoms with Gasteiger partial charge in [0.25, 0.3) is 0 Å². The Morgan fingerprint density at radius 1 is 0.957 bits per heavy atom. The summed E-state index contributed by atoms with van der Waals surface area (Å²) in [5, 5.41) is 35.1. The number of hydrogen-bond acceptors (Lipinski definition) is 7. The zero-order chi connectivity index (χ0) is 35.1. The van der Waals surface area contributed by atoms with E-state index >= 15 is 0 Å². The van der Waals surface area contributed by atoms with Gasteiger partial charge in [-0.15, -0.1) is 0 Å². The van der Waals surface area contributed by atoms with E-state index in [2.05, 4.69) is 54.5 Å². The minimum atomic E-state index is -1.22. The van der Waals surface area contributed by atoms with Crippen molar-refractivity contribution in [1.29, 1.82) is 0 Å². The zero-order valence-corrected chi connectivity index (χ0v) is 31.1. The highest BCUT2D eigenvalue weighted by Gasteiger charge is 2.73. The lowest BCUT2D eigenvalue weighted by Crippen LogP contribution is -2.72. The Bertz CT molecular complexity index is 1310. The van der Waals surface area contributed by atoms with E-state index in [1.807, 2.05) is 13.8 Å². The normalized spacial score (nSPS) is 46.0. The maximum atomic E-state index is 13.6. The van der Waals surface area contributed by atoms with Crippen molar-refractivity contribution >= 4 is 11.9 Å². The van der Waals surface area contributed by atoms with Gasteiger partial charge in [0.1, 0.15) is 12.2 Å². The van der Waals surface area contributed by atoms with Crippen LogP contribution in [0.3, 0.4) is 0 Å². The Labute approximate surface area is 283 Å². The van der Waals surface area contributed by atoms with Crippen LogP contribution >= 0.6 is 0 Å². The molecule has 4 unspecified atom stereocenters. The molecule has 7 heteroatoms. The summed E-state index contributed by atoms with van der Waals surface area (Å²) in [5.74, 6) is -0.724. The van der Waals surface area contributed by atoms with E-state index in [-0.39, 0.29) is 46.2 Å². The van der Waals surface area contributed by atoms with Crippen LogP contribution in [0, 0.1) is 56.2 Å². The van der Waals surface area contributed by atoms with E-state index in [4.69, 9.17) is 9.47 Å². The molecule has 4 saturated carbocycles. The van der Waals surface area contributed by atoms with Crippen molar-refractivity contribution < 1.29 is 34.4 Å². The Morgan fingerprint density at radius 3 is 2.21 bits per heavy atom. The molecule has 0 saturated heterocycles. The lowest BCUT2D eigenvalue weighted by molar-refractivity contribution is -0.267. The highest BCUT2D eigenvalue weighted by Crippen LogP contribution is 2.76. The number of fused-ring (bicyclic) bond motifs is 7. The van der Waals surface area contributed by atoms with E-state index < -0.39 is 41.1 Å². The largest absolute Gasteiger partial charge is 0.457 e. The maximum Gasteiger partial charge on any atom is 0.333 e. The van der Waals surface area contributed by atoms with E-state index in [1.54, 1.807) is 19.9 Å². The van der Waals surface area contributed by atoms with Crippen LogP contribution < -0.4 is 0 Å². The number of aliphatic hydroxyl groups excluding tert-OH is 3. The quantitative estimate of drug-likeness (QED) is 0.158. The van der Waals surface area contributed by atoms with Crippen molar-refractivity contribution in [2.45, 2.75) is 152 Å². The van der Waals surface area contributed by atoms with Crippen LogP contribution in [-0.2, 0) is 19.1 Å². The van der Waals surface area contributed by atoms with Gasteiger partial charge < -0.3 is 24.8 Å². The minimum absolute atomic E-state index is 0.0569. The summed E-state index contributed by atoms with van der Waals surface area (Å²) >= 11 is 0. The molecule has 5 rings (SSSR count). The van der Waals surface area contributed by atoms with E-state index in [0.717, 1.165) is 32.1 Å². The topological polar surface area (TPSA) is 113 Å². The first-order chi connectivity index (χ1) is 21.7. The highest BCUT2D eigenvalue weighted by molar-refractivity contribution is 5.87. The molecule has 0 aromatic carbocycles. The van der Waals surface area contributed by atoms with Gasteiger partial charge in [-0.2, -0.15) is 0 Å². The molecule has 0 amide bonds. The van der Waals surface area contributed by atoms with E-state index in [0.29, 0.717) is 36.7 Å². The summed E-state index contributed by atoms with van der Waals surface area (Å²) in [5.41, 5.74) is -0.670. The van der Waals surface area contributed by atoms with Crippen molar-refractivity contribution in [2.24, 2.45) is 56.2 Å². The standard InChI is InChI=1S/C40H64O7/c1-12-23(3)33(44)46-31-32(47-34(45)24(4)13-2)40(22-41)26(20-35(31,5)6)25-14-15-28-37(9)18-17-29(42)36(7,8)27(37)16-19-38(28,10)39(25,11)21-30(40)43/h12,14,24,26-32,41-43H,13,15-22H2,1-11H3/b23-12-/t24?,26?,27?,28?,29-,30+,31-,32-,37-,38+,39+,40-/m0/s1. The molecule has 0 aliphatic heterocycles. The average molecular weight is 657 g/mol. The summed E-state index contributed by atoms with van der Waals surface area (Å²) in [7, 11) is 0. The van der Waals surface area contributed by atoms with Crippen LogP contribution in [-0.4, -0.2) is 58.3 Å². The van der Waals surface area contributed by atoms with Crippen LogP contribution in [0.25, 0.3) is 0 Å². The number of hydrogen-bond donors (Lipinski definition) is 3. The number of ether oxygens (including phenoxy) is 2. The molecule has 5 aliphatic rings. The van der Waals surface area contributed by atoms with Crippen LogP contribution in [0.4, 0.5) is 0 Å². The summed E-state index contributed by atoms with van der Waals surface area (Å²) in [6, 6.07) is 0. The number of carbonyl (C=O) groups is 2. The van der Waals surface area contributed by atoms with Gasteiger partial charge in [-0.05, 0) is 105 Å². The molecule has 4 fully saturated rings. The molecule has 266 valence electrons. The Kier molecular flexibility index (Phi) is 9.32. The Balaban J connectivity index is 1.64. The van der Waals surface area contributed by atoms with Gasteiger partial charge >= 0.3 is 11.9 Å². The molecule has 5 aliphatic carbocycles. The molecule has 0 bridgehead atoms. The predicted molar refractivity (Wildman–Crippen MR) is 183 cm³/mol. The second-order valence-corrected chi connectivity index (χ2v) is 18.4. The van der Waals surface area contributed by atoms with Gasteiger partial charge in [0.2, 0.25) is 0 Å². The lowest BCUT2D eigenvalue weighted by Gasteiger charge is -2.72. The van der Waals surface area contributed by atoms with Gasteiger partial charge in [0.05, 0.1) is 30.1 Å². The molecule has 0 aromatic heterocycles. The maximum absolute atomic E-state index is 13.6. The van der Waals surface area contributed by atoms with Crippen molar-refractivity contribution in [3.63, 3.8) is 0 Å². The molecule has 0 aromatic rings. The number of esters is 2. The highest BCUT2D eigenvalue weighted by atomic mass is 16.6. The van der Waals surface area contributed by atoms with Crippen molar-refractivity contribution in [2.75, 3.05) is 6.61 Å². The average Bonchev–Trinajstić information content (AvgIpc) is 3.00. The number of rotatable bonds is 6. The second-order valence-electron chi connectivity index (χ2n) is 18.4. The first-order valence-electron chi connectivity index (χ1n) is 18.4. The number of aliphatic hydroxyl groups is 3. The Hall–Kier alpha value is -1.70. The molecule has 12 atom stereocenters. The Morgan fingerprint density at radius 2 is 1.62 bits per heavy atom. The van der Waals surface area contributed by atoms with Crippen LogP contribution in [0.2, 0.25) is 0 Å². The van der Waals surface area contributed by atoms with E-state index in [9.17, 15) is 24.9 Å². The van der Waals surface area contributed by atoms with Crippen LogP contribution in [0.1, 0.15) is 128 Å². The van der Waals surface area contributed by atoms with Crippen molar-refractivity contribution in [3.05, 3.63) is 23.3 Å². The summed E-state index contributed by atoms with van der Waals surface area (Å²) in [6.45, 7) is 22.7. The molecule has 0 radical (unpaired) electrons. The van der Waals surface area contributed by atoms with E-state index in [1.165, 1.54) is 5.57 Å². The van der Waals surface area contributed by atoms with Gasteiger partial charge in [0.15, 0.2) is 0 Å². The first-order valence-corrected chi connectivity index (χ1v) is 18.4. The van der Waals surface area contributed by atoms with Crippen molar-refractivity contribution in [1.82, 2.24) is 0 Å². The molecule has 0 heterocycles. The molecule has 47 heavy (non-hydrogen) atoms. The first kappa shape index (κ1) is 36.6. The van der Waals surface area contributed by atoms with Gasteiger partial charge in [0, 0.05) is 11.0 Å². The number of carbonyl (C=O) groups excluding carboxylic acids is 2. The second kappa shape index (κ2) is 12.0. The molecule has 3 N–H and O–H groups in total. The monoisotopic (exact) mass is 656 g/mol. The molecular formula is C40H64O7. The third-order valence-electron chi connectivity index (χ3n) is 15.6. The van der Waals surface area contributed by atoms with Crippen molar-refractivity contribution in [3.8, 4) is 0 Å². The van der Waals surface area contributed by atoms with Crippen LogP contribution in [0.5, 0.6) is 0 Å². The van der Waals surface area contributed by atoms with Gasteiger partial charge in [-0.25, -0.2) is 4.79 Å². The molecular weight excluding hydrogens is 592 g/mol. The molecule has 0 spiro atoms. The minimum Gasteiger partial charge on any atom is -0.457 e. The summed E-state index contributed by atoms with van der Waals surface area (Å²) in [4.78, 5) is 26.9. The zero-order valence-electron chi connectivity index (χ0n) is 31.1. The summed E-state index contributed by atoms with van der Waals surface area (Å²) < 4.78 is 12.6.